The molecule has 4 rings (SSSR count). The summed E-state index contributed by atoms with van der Waals surface area (Å²) in [6.45, 7) is 5.64. The molecular weight excluding hydrogens is 316 g/mol. The fourth-order valence-electron chi connectivity index (χ4n) is 3.35. The lowest BCUT2D eigenvalue weighted by Crippen LogP contribution is -2.39. The van der Waals surface area contributed by atoms with Gasteiger partial charge in [0.2, 0.25) is 0 Å². The number of amides is 1. The van der Waals surface area contributed by atoms with Gasteiger partial charge in [0.25, 0.3) is 5.91 Å². The summed E-state index contributed by atoms with van der Waals surface area (Å²) < 4.78 is 7.90. The minimum Gasteiger partial charge on any atom is -0.380 e. The van der Waals surface area contributed by atoms with Crippen LogP contribution >= 0.6 is 0 Å². The van der Waals surface area contributed by atoms with Crippen molar-refractivity contribution in [3.8, 4) is 0 Å². The SMILES string of the molecule is CCn1cc2c(n1)CN(C(=O)c1ccncc1)C[C@H]2COCC1CC1. The highest BCUT2D eigenvalue weighted by molar-refractivity contribution is 5.94. The monoisotopic (exact) mass is 340 g/mol. The van der Waals surface area contributed by atoms with E-state index < -0.39 is 0 Å². The highest BCUT2D eigenvalue weighted by Gasteiger charge is 2.32. The van der Waals surface area contributed by atoms with Crippen LogP contribution in [-0.4, -0.2) is 45.3 Å². The fourth-order valence-corrected chi connectivity index (χ4v) is 3.35. The van der Waals surface area contributed by atoms with Crippen LogP contribution < -0.4 is 0 Å². The molecule has 3 heterocycles. The topological polar surface area (TPSA) is 60.2 Å². The normalized spacial score (nSPS) is 19.7. The molecule has 2 aliphatic rings. The summed E-state index contributed by atoms with van der Waals surface area (Å²) in [5.41, 5.74) is 2.90. The van der Waals surface area contributed by atoms with Gasteiger partial charge in [0.05, 0.1) is 18.8 Å². The number of hydrogen-bond acceptors (Lipinski definition) is 4. The lowest BCUT2D eigenvalue weighted by molar-refractivity contribution is 0.0626. The highest BCUT2D eigenvalue weighted by Crippen LogP contribution is 2.31. The van der Waals surface area contributed by atoms with E-state index in [0.29, 0.717) is 25.3 Å². The molecule has 132 valence electrons. The van der Waals surface area contributed by atoms with E-state index in [1.165, 1.54) is 18.4 Å². The molecule has 0 aromatic carbocycles. The molecule has 0 radical (unpaired) electrons. The molecule has 1 amide bonds. The average Bonchev–Trinajstić information content (AvgIpc) is 3.37. The summed E-state index contributed by atoms with van der Waals surface area (Å²) in [7, 11) is 0. The van der Waals surface area contributed by atoms with E-state index in [2.05, 4.69) is 23.2 Å². The Balaban J connectivity index is 1.52. The number of carbonyl (C=O) groups excluding carboxylic acids is 1. The third-order valence-corrected chi connectivity index (χ3v) is 5.00. The van der Waals surface area contributed by atoms with E-state index in [4.69, 9.17) is 4.74 Å². The van der Waals surface area contributed by atoms with Gasteiger partial charge >= 0.3 is 0 Å². The van der Waals surface area contributed by atoms with Gasteiger partial charge < -0.3 is 9.64 Å². The molecule has 1 aliphatic heterocycles. The van der Waals surface area contributed by atoms with Gasteiger partial charge in [-0.15, -0.1) is 0 Å². The Hall–Kier alpha value is -2.21. The predicted octanol–water partition coefficient (Wildman–Crippen LogP) is 2.46. The molecule has 1 aliphatic carbocycles. The third kappa shape index (κ3) is 3.58. The van der Waals surface area contributed by atoms with Crippen molar-refractivity contribution in [1.82, 2.24) is 19.7 Å². The summed E-state index contributed by atoms with van der Waals surface area (Å²) >= 11 is 0. The zero-order valence-electron chi connectivity index (χ0n) is 14.6. The number of hydrogen-bond donors (Lipinski definition) is 0. The van der Waals surface area contributed by atoms with Gasteiger partial charge in [-0.25, -0.2) is 0 Å². The van der Waals surface area contributed by atoms with Crippen LogP contribution in [0.15, 0.2) is 30.7 Å². The van der Waals surface area contributed by atoms with Crippen molar-refractivity contribution in [2.75, 3.05) is 19.8 Å². The number of ether oxygens (including phenoxy) is 1. The van der Waals surface area contributed by atoms with Gasteiger partial charge in [-0.3, -0.25) is 14.5 Å². The number of pyridine rings is 1. The van der Waals surface area contributed by atoms with E-state index in [1.54, 1.807) is 24.5 Å². The largest absolute Gasteiger partial charge is 0.380 e. The number of aromatic nitrogens is 3. The van der Waals surface area contributed by atoms with Gasteiger partial charge in [0.15, 0.2) is 0 Å². The molecule has 6 heteroatoms. The third-order valence-electron chi connectivity index (χ3n) is 5.00. The lowest BCUT2D eigenvalue weighted by atomic mass is 9.95. The fraction of sp³-hybridized carbons (Fsp3) is 0.526. The maximum Gasteiger partial charge on any atom is 0.254 e. The van der Waals surface area contributed by atoms with Crippen molar-refractivity contribution in [1.29, 1.82) is 0 Å². The first-order chi connectivity index (χ1) is 12.2. The number of rotatable bonds is 6. The molecule has 0 bridgehead atoms. The molecule has 25 heavy (non-hydrogen) atoms. The number of carbonyl (C=O) groups is 1. The van der Waals surface area contributed by atoms with Crippen molar-refractivity contribution in [2.45, 2.75) is 38.8 Å². The predicted molar refractivity (Wildman–Crippen MR) is 93.2 cm³/mol. The van der Waals surface area contributed by atoms with E-state index in [-0.39, 0.29) is 11.8 Å². The van der Waals surface area contributed by atoms with Crippen LogP contribution in [0.2, 0.25) is 0 Å². The van der Waals surface area contributed by atoms with Crippen LogP contribution in [-0.2, 0) is 17.8 Å². The van der Waals surface area contributed by atoms with Crippen LogP contribution in [0.5, 0.6) is 0 Å². The summed E-state index contributed by atoms with van der Waals surface area (Å²) in [4.78, 5) is 18.7. The van der Waals surface area contributed by atoms with E-state index >= 15 is 0 Å². The Morgan fingerprint density at radius 3 is 2.80 bits per heavy atom. The lowest BCUT2D eigenvalue weighted by Gasteiger charge is -2.32. The van der Waals surface area contributed by atoms with Crippen LogP contribution in [0.3, 0.4) is 0 Å². The summed E-state index contributed by atoms with van der Waals surface area (Å²) in [6, 6.07) is 3.53. The van der Waals surface area contributed by atoms with Crippen LogP contribution in [0.1, 0.15) is 47.3 Å². The molecule has 1 fully saturated rings. The van der Waals surface area contributed by atoms with Crippen molar-refractivity contribution in [3.05, 3.63) is 47.5 Å². The first-order valence-corrected chi connectivity index (χ1v) is 9.08. The Morgan fingerprint density at radius 1 is 1.28 bits per heavy atom. The summed E-state index contributed by atoms with van der Waals surface area (Å²) in [5.74, 6) is 0.968. The van der Waals surface area contributed by atoms with Gasteiger partial charge in [-0.1, -0.05) is 0 Å². The molecule has 2 aromatic heterocycles. The molecular formula is C19H24N4O2. The molecule has 1 atom stereocenters. The second-order valence-electron chi connectivity index (χ2n) is 6.99. The van der Waals surface area contributed by atoms with Gasteiger partial charge in [0, 0.05) is 55.3 Å². The van der Waals surface area contributed by atoms with Crippen LogP contribution in [0.25, 0.3) is 0 Å². The Morgan fingerprint density at radius 2 is 2.08 bits per heavy atom. The number of aryl methyl sites for hydroxylation is 1. The Bertz CT molecular complexity index is 739. The summed E-state index contributed by atoms with van der Waals surface area (Å²) in [5, 5.41) is 4.66. The maximum atomic E-state index is 12.8. The standard InChI is InChI=1S/C19H24N4O2/c1-2-23-10-17-16(13-25-12-14-3-4-14)9-22(11-18(17)21-23)19(24)15-5-7-20-8-6-15/h5-8,10,14,16H,2-4,9,11-13H2,1H3/t16-/m0/s1. The molecule has 6 nitrogen and oxygen atoms in total. The quantitative estimate of drug-likeness (QED) is 0.810. The number of fused-ring (bicyclic) bond motifs is 1. The summed E-state index contributed by atoms with van der Waals surface area (Å²) in [6.07, 6.45) is 8.01. The van der Waals surface area contributed by atoms with E-state index in [0.717, 1.165) is 24.8 Å². The maximum absolute atomic E-state index is 12.8. The first-order valence-electron chi connectivity index (χ1n) is 9.08. The first kappa shape index (κ1) is 16.3. The molecule has 1 saturated carbocycles. The van der Waals surface area contributed by atoms with E-state index in [9.17, 15) is 4.79 Å². The smallest absolute Gasteiger partial charge is 0.254 e. The van der Waals surface area contributed by atoms with Crippen molar-refractivity contribution in [2.24, 2.45) is 5.92 Å². The van der Waals surface area contributed by atoms with Crippen molar-refractivity contribution >= 4 is 5.91 Å². The Kier molecular flexibility index (Phi) is 4.53. The Labute approximate surface area is 147 Å². The van der Waals surface area contributed by atoms with Crippen LogP contribution in [0.4, 0.5) is 0 Å². The van der Waals surface area contributed by atoms with Gasteiger partial charge in [0.1, 0.15) is 0 Å². The zero-order valence-corrected chi connectivity index (χ0v) is 14.6. The molecule has 2 aromatic rings. The second kappa shape index (κ2) is 6.96. The highest BCUT2D eigenvalue weighted by atomic mass is 16.5. The molecule has 0 unspecified atom stereocenters. The minimum atomic E-state index is 0.0336. The molecule has 0 saturated heterocycles. The molecule has 0 spiro atoms. The average molecular weight is 340 g/mol. The van der Waals surface area contributed by atoms with Crippen molar-refractivity contribution in [3.63, 3.8) is 0 Å². The van der Waals surface area contributed by atoms with Crippen molar-refractivity contribution < 1.29 is 9.53 Å². The number of nitrogens with zero attached hydrogens (tertiary/aromatic N) is 4. The zero-order chi connectivity index (χ0) is 17.2. The minimum absolute atomic E-state index is 0.0336. The van der Waals surface area contributed by atoms with Gasteiger partial charge in [-0.05, 0) is 37.8 Å². The second-order valence-corrected chi connectivity index (χ2v) is 6.99. The van der Waals surface area contributed by atoms with Gasteiger partial charge in [-0.2, -0.15) is 5.10 Å². The van der Waals surface area contributed by atoms with E-state index in [1.807, 2.05) is 9.58 Å². The van der Waals surface area contributed by atoms with Crippen LogP contribution in [0, 0.1) is 5.92 Å². The molecule has 0 N–H and O–H groups in total.